The summed E-state index contributed by atoms with van der Waals surface area (Å²) in [7, 11) is 0. The van der Waals surface area contributed by atoms with E-state index in [1.807, 2.05) is 38.1 Å². The Labute approximate surface area is 159 Å². The number of ether oxygens (including phenoxy) is 3. The maximum absolute atomic E-state index is 12.3. The van der Waals surface area contributed by atoms with E-state index >= 15 is 0 Å². The molecule has 0 spiro atoms. The standard InChI is InChI=1S/C20H24ClNO4/c1-4-24-18-11-10-15(12-19(18)25-5-2)13-22-20(23)14(3)26-17-9-7-6-8-16(17)21/h6-12,14H,4-5,13H2,1-3H3,(H,22,23)/t14-/m1/s1. The molecule has 26 heavy (non-hydrogen) atoms. The minimum atomic E-state index is -0.663. The van der Waals surface area contributed by atoms with Crippen LogP contribution >= 0.6 is 11.6 Å². The van der Waals surface area contributed by atoms with Gasteiger partial charge in [-0.1, -0.05) is 29.8 Å². The Morgan fingerprint density at radius 2 is 1.73 bits per heavy atom. The number of hydrogen-bond acceptors (Lipinski definition) is 4. The summed E-state index contributed by atoms with van der Waals surface area (Å²) in [5.74, 6) is 1.62. The van der Waals surface area contributed by atoms with Crippen LogP contribution in [0.3, 0.4) is 0 Å². The number of carbonyl (C=O) groups excluding carboxylic acids is 1. The maximum Gasteiger partial charge on any atom is 0.261 e. The second-order valence-corrected chi connectivity index (χ2v) is 5.96. The van der Waals surface area contributed by atoms with Crippen LogP contribution in [0.25, 0.3) is 0 Å². The van der Waals surface area contributed by atoms with Crippen LogP contribution in [0.15, 0.2) is 42.5 Å². The van der Waals surface area contributed by atoms with Gasteiger partial charge in [0.2, 0.25) is 0 Å². The second kappa shape index (κ2) is 9.92. The van der Waals surface area contributed by atoms with Crippen LogP contribution in [0.4, 0.5) is 0 Å². The Morgan fingerprint density at radius 1 is 1.04 bits per heavy atom. The number of hydrogen-bond donors (Lipinski definition) is 1. The monoisotopic (exact) mass is 377 g/mol. The molecule has 0 unspecified atom stereocenters. The third-order valence-electron chi connectivity index (χ3n) is 3.58. The van der Waals surface area contributed by atoms with Crippen LogP contribution in [0.2, 0.25) is 5.02 Å². The van der Waals surface area contributed by atoms with E-state index in [0.29, 0.717) is 42.0 Å². The van der Waals surface area contributed by atoms with Gasteiger partial charge in [-0.05, 0) is 50.6 Å². The van der Waals surface area contributed by atoms with E-state index in [2.05, 4.69) is 5.32 Å². The van der Waals surface area contributed by atoms with Crippen molar-refractivity contribution in [3.8, 4) is 17.2 Å². The third-order valence-corrected chi connectivity index (χ3v) is 3.90. The van der Waals surface area contributed by atoms with Gasteiger partial charge in [-0.2, -0.15) is 0 Å². The van der Waals surface area contributed by atoms with Crippen molar-refractivity contribution in [1.82, 2.24) is 5.32 Å². The van der Waals surface area contributed by atoms with E-state index in [0.717, 1.165) is 5.56 Å². The molecule has 0 aliphatic rings. The summed E-state index contributed by atoms with van der Waals surface area (Å²) >= 11 is 6.05. The number of para-hydroxylation sites is 1. The van der Waals surface area contributed by atoms with Crippen molar-refractivity contribution in [2.45, 2.75) is 33.4 Å². The molecule has 0 radical (unpaired) electrons. The Balaban J connectivity index is 1.95. The zero-order valence-electron chi connectivity index (χ0n) is 15.3. The molecule has 0 aliphatic heterocycles. The normalized spacial score (nSPS) is 11.5. The first-order valence-electron chi connectivity index (χ1n) is 8.62. The van der Waals surface area contributed by atoms with Crippen LogP contribution in [-0.2, 0) is 11.3 Å². The van der Waals surface area contributed by atoms with E-state index < -0.39 is 6.10 Å². The molecule has 2 rings (SSSR count). The predicted octanol–water partition coefficient (Wildman–Crippen LogP) is 4.22. The van der Waals surface area contributed by atoms with Crippen molar-refractivity contribution >= 4 is 17.5 Å². The quantitative estimate of drug-likeness (QED) is 0.710. The lowest BCUT2D eigenvalue weighted by Gasteiger charge is -2.16. The number of benzene rings is 2. The van der Waals surface area contributed by atoms with E-state index in [4.69, 9.17) is 25.8 Å². The van der Waals surface area contributed by atoms with Gasteiger partial charge in [0.15, 0.2) is 17.6 Å². The van der Waals surface area contributed by atoms with Crippen molar-refractivity contribution in [1.29, 1.82) is 0 Å². The van der Waals surface area contributed by atoms with Crippen LogP contribution in [0.1, 0.15) is 26.3 Å². The van der Waals surface area contributed by atoms with Crippen LogP contribution in [-0.4, -0.2) is 25.2 Å². The first-order valence-corrected chi connectivity index (χ1v) is 9.00. The largest absolute Gasteiger partial charge is 0.490 e. The molecule has 140 valence electrons. The lowest BCUT2D eigenvalue weighted by Crippen LogP contribution is -2.35. The molecule has 1 N–H and O–H groups in total. The van der Waals surface area contributed by atoms with Crippen LogP contribution < -0.4 is 19.5 Å². The topological polar surface area (TPSA) is 56.8 Å². The second-order valence-electron chi connectivity index (χ2n) is 5.56. The number of halogens is 1. The zero-order valence-corrected chi connectivity index (χ0v) is 16.0. The third kappa shape index (κ3) is 5.56. The molecular formula is C20H24ClNO4. The average Bonchev–Trinajstić information content (AvgIpc) is 2.63. The first-order chi connectivity index (χ1) is 12.5. The van der Waals surface area contributed by atoms with Crippen molar-refractivity contribution in [3.63, 3.8) is 0 Å². The number of amides is 1. The Kier molecular flexibility index (Phi) is 7.60. The minimum Gasteiger partial charge on any atom is -0.490 e. The van der Waals surface area contributed by atoms with Gasteiger partial charge in [-0.3, -0.25) is 4.79 Å². The molecule has 0 aliphatic carbocycles. The highest BCUT2D eigenvalue weighted by Crippen LogP contribution is 2.28. The molecule has 5 nitrogen and oxygen atoms in total. The van der Waals surface area contributed by atoms with Gasteiger partial charge in [-0.25, -0.2) is 0 Å². The Hall–Kier alpha value is -2.40. The molecule has 0 saturated carbocycles. The average molecular weight is 378 g/mol. The molecular weight excluding hydrogens is 354 g/mol. The highest BCUT2D eigenvalue weighted by atomic mass is 35.5. The predicted molar refractivity (Wildman–Crippen MR) is 102 cm³/mol. The van der Waals surface area contributed by atoms with E-state index in [9.17, 15) is 4.79 Å². The molecule has 1 amide bonds. The molecule has 2 aromatic rings. The van der Waals surface area contributed by atoms with Crippen LogP contribution in [0.5, 0.6) is 17.2 Å². The lowest BCUT2D eigenvalue weighted by atomic mass is 10.2. The molecule has 0 bridgehead atoms. The van der Waals surface area contributed by atoms with Gasteiger partial charge in [0.25, 0.3) is 5.91 Å². The van der Waals surface area contributed by atoms with Gasteiger partial charge in [0.05, 0.1) is 18.2 Å². The summed E-state index contributed by atoms with van der Waals surface area (Å²) in [6.45, 7) is 6.98. The van der Waals surface area contributed by atoms with Crippen molar-refractivity contribution in [2.24, 2.45) is 0 Å². The van der Waals surface area contributed by atoms with Crippen LogP contribution in [0, 0.1) is 0 Å². The van der Waals surface area contributed by atoms with Gasteiger partial charge in [0, 0.05) is 6.54 Å². The Bertz CT molecular complexity index is 736. The molecule has 2 aromatic carbocycles. The smallest absolute Gasteiger partial charge is 0.261 e. The summed E-state index contributed by atoms with van der Waals surface area (Å²) in [5.41, 5.74) is 0.912. The first kappa shape index (κ1) is 19.9. The fraction of sp³-hybridized carbons (Fsp3) is 0.350. The molecule has 0 aromatic heterocycles. The molecule has 0 heterocycles. The zero-order chi connectivity index (χ0) is 18.9. The lowest BCUT2D eigenvalue weighted by molar-refractivity contribution is -0.127. The van der Waals surface area contributed by atoms with E-state index in [1.165, 1.54) is 0 Å². The van der Waals surface area contributed by atoms with Crippen molar-refractivity contribution in [2.75, 3.05) is 13.2 Å². The number of rotatable bonds is 9. The van der Waals surface area contributed by atoms with E-state index in [1.54, 1.807) is 25.1 Å². The molecule has 6 heteroatoms. The SMILES string of the molecule is CCOc1ccc(CNC(=O)[C@@H](C)Oc2ccccc2Cl)cc1OCC. The summed E-state index contributed by atoms with van der Waals surface area (Å²) in [4.78, 5) is 12.3. The number of carbonyl (C=O) groups is 1. The molecule has 1 atom stereocenters. The minimum absolute atomic E-state index is 0.225. The molecule has 0 saturated heterocycles. The van der Waals surface area contributed by atoms with E-state index in [-0.39, 0.29) is 5.91 Å². The summed E-state index contributed by atoms with van der Waals surface area (Å²) < 4.78 is 16.8. The van der Waals surface area contributed by atoms with Crippen molar-refractivity contribution < 1.29 is 19.0 Å². The highest BCUT2D eigenvalue weighted by Gasteiger charge is 2.16. The highest BCUT2D eigenvalue weighted by molar-refractivity contribution is 6.32. The van der Waals surface area contributed by atoms with Gasteiger partial charge in [0.1, 0.15) is 5.75 Å². The fourth-order valence-electron chi connectivity index (χ4n) is 2.32. The summed E-state index contributed by atoms with van der Waals surface area (Å²) in [6.07, 6.45) is -0.663. The van der Waals surface area contributed by atoms with Gasteiger partial charge in [-0.15, -0.1) is 0 Å². The Morgan fingerprint density at radius 3 is 2.42 bits per heavy atom. The van der Waals surface area contributed by atoms with Gasteiger partial charge >= 0.3 is 0 Å². The maximum atomic E-state index is 12.3. The summed E-state index contributed by atoms with van der Waals surface area (Å²) in [6, 6.07) is 12.7. The van der Waals surface area contributed by atoms with Gasteiger partial charge < -0.3 is 19.5 Å². The summed E-state index contributed by atoms with van der Waals surface area (Å²) in [5, 5.41) is 3.33. The molecule has 0 fully saturated rings. The fourth-order valence-corrected chi connectivity index (χ4v) is 2.50. The van der Waals surface area contributed by atoms with Crippen molar-refractivity contribution in [3.05, 3.63) is 53.1 Å². The number of nitrogens with one attached hydrogen (secondary N) is 1.